The van der Waals surface area contributed by atoms with Crippen molar-refractivity contribution in [2.45, 2.75) is 20.3 Å². The van der Waals surface area contributed by atoms with E-state index < -0.39 is 10.0 Å². The number of ether oxygens (including phenoxy) is 1. The van der Waals surface area contributed by atoms with Gasteiger partial charge in [0.15, 0.2) is 6.61 Å². The highest BCUT2D eigenvalue weighted by Gasteiger charge is 2.11. The van der Waals surface area contributed by atoms with E-state index in [2.05, 4.69) is 19.2 Å². The van der Waals surface area contributed by atoms with Crippen molar-refractivity contribution in [3.05, 3.63) is 24.3 Å². The molecule has 0 spiro atoms. The smallest absolute Gasteiger partial charge is 0.257 e. The fourth-order valence-corrected chi connectivity index (χ4v) is 2.15. The molecule has 6 nitrogen and oxygen atoms in total. The number of nitrogens with zero attached hydrogens (tertiary/aromatic N) is 1. The first-order valence-corrected chi connectivity index (χ1v) is 8.98. The zero-order valence-electron chi connectivity index (χ0n) is 13.5. The van der Waals surface area contributed by atoms with Crippen molar-refractivity contribution in [2.24, 2.45) is 5.92 Å². The molecule has 0 bridgehead atoms. The molecule has 22 heavy (non-hydrogen) atoms. The van der Waals surface area contributed by atoms with Gasteiger partial charge in [0.1, 0.15) is 5.75 Å². The van der Waals surface area contributed by atoms with Gasteiger partial charge in [-0.25, -0.2) is 8.42 Å². The van der Waals surface area contributed by atoms with Crippen molar-refractivity contribution in [1.82, 2.24) is 5.32 Å². The van der Waals surface area contributed by atoms with Crippen LogP contribution in [0.15, 0.2) is 24.3 Å². The van der Waals surface area contributed by atoms with Crippen molar-refractivity contribution in [1.29, 1.82) is 0 Å². The maximum Gasteiger partial charge on any atom is 0.257 e. The first-order chi connectivity index (χ1) is 10.2. The van der Waals surface area contributed by atoms with Crippen LogP contribution in [-0.2, 0) is 14.8 Å². The Balaban J connectivity index is 2.46. The van der Waals surface area contributed by atoms with E-state index in [9.17, 15) is 13.2 Å². The highest BCUT2D eigenvalue weighted by Crippen LogP contribution is 2.20. The van der Waals surface area contributed by atoms with Gasteiger partial charge in [-0.3, -0.25) is 9.10 Å². The van der Waals surface area contributed by atoms with Gasteiger partial charge in [0, 0.05) is 13.6 Å². The SMILES string of the molecule is CC(C)CCNC(=O)COc1ccc(N(C)S(C)(=O)=O)cc1. The average molecular weight is 328 g/mol. The molecule has 0 fully saturated rings. The molecule has 1 rings (SSSR count). The second kappa shape index (κ2) is 8.03. The van der Waals surface area contributed by atoms with Gasteiger partial charge in [-0.15, -0.1) is 0 Å². The highest BCUT2D eigenvalue weighted by atomic mass is 32.2. The van der Waals surface area contributed by atoms with Gasteiger partial charge < -0.3 is 10.1 Å². The Kier molecular flexibility index (Phi) is 6.67. The number of nitrogens with one attached hydrogen (secondary N) is 1. The summed E-state index contributed by atoms with van der Waals surface area (Å²) in [5, 5.41) is 2.78. The topological polar surface area (TPSA) is 75.7 Å². The van der Waals surface area contributed by atoms with Crippen LogP contribution in [0.4, 0.5) is 5.69 Å². The van der Waals surface area contributed by atoms with Crippen molar-refractivity contribution in [3.63, 3.8) is 0 Å². The summed E-state index contributed by atoms with van der Waals surface area (Å²) in [6.45, 7) is 4.77. The lowest BCUT2D eigenvalue weighted by Gasteiger charge is -2.16. The van der Waals surface area contributed by atoms with E-state index in [1.54, 1.807) is 24.3 Å². The van der Waals surface area contributed by atoms with Crippen molar-refractivity contribution >= 4 is 21.6 Å². The summed E-state index contributed by atoms with van der Waals surface area (Å²) in [7, 11) is -1.80. The lowest BCUT2D eigenvalue weighted by Crippen LogP contribution is -2.30. The molecule has 124 valence electrons. The fourth-order valence-electron chi connectivity index (χ4n) is 1.64. The first-order valence-electron chi connectivity index (χ1n) is 7.13. The summed E-state index contributed by atoms with van der Waals surface area (Å²) in [4.78, 5) is 11.6. The van der Waals surface area contributed by atoms with Crippen LogP contribution in [0.5, 0.6) is 5.75 Å². The first kappa shape index (κ1) is 18.3. The van der Waals surface area contributed by atoms with Gasteiger partial charge in [-0.1, -0.05) is 13.8 Å². The number of sulfonamides is 1. The molecule has 0 aromatic heterocycles. The minimum Gasteiger partial charge on any atom is -0.484 e. The second-order valence-electron chi connectivity index (χ2n) is 5.55. The molecule has 1 aromatic carbocycles. The predicted octanol–water partition coefficient (Wildman–Crippen LogP) is 1.62. The Labute approximate surface area is 132 Å². The van der Waals surface area contributed by atoms with E-state index in [0.29, 0.717) is 23.9 Å². The Morgan fingerprint density at radius 2 is 1.86 bits per heavy atom. The minimum atomic E-state index is -3.28. The predicted molar refractivity (Wildman–Crippen MR) is 87.6 cm³/mol. The number of hydrogen-bond acceptors (Lipinski definition) is 4. The molecule has 0 saturated carbocycles. The Bertz CT molecular complexity index is 582. The van der Waals surface area contributed by atoms with Crippen LogP contribution in [0.25, 0.3) is 0 Å². The molecule has 0 aliphatic heterocycles. The zero-order valence-corrected chi connectivity index (χ0v) is 14.3. The van der Waals surface area contributed by atoms with E-state index in [0.717, 1.165) is 12.7 Å². The van der Waals surface area contributed by atoms with Crippen molar-refractivity contribution in [2.75, 3.05) is 30.8 Å². The van der Waals surface area contributed by atoms with Gasteiger partial charge in [-0.2, -0.15) is 0 Å². The summed E-state index contributed by atoms with van der Waals surface area (Å²) < 4.78 is 29.4. The lowest BCUT2D eigenvalue weighted by atomic mass is 10.1. The highest BCUT2D eigenvalue weighted by molar-refractivity contribution is 7.92. The zero-order chi connectivity index (χ0) is 16.8. The van der Waals surface area contributed by atoms with Crippen LogP contribution < -0.4 is 14.4 Å². The largest absolute Gasteiger partial charge is 0.484 e. The van der Waals surface area contributed by atoms with Crippen molar-refractivity contribution < 1.29 is 17.9 Å². The van der Waals surface area contributed by atoms with Crippen molar-refractivity contribution in [3.8, 4) is 5.75 Å². The molecule has 0 heterocycles. The number of hydrogen-bond donors (Lipinski definition) is 1. The fraction of sp³-hybridized carbons (Fsp3) is 0.533. The summed E-state index contributed by atoms with van der Waals surface area (Å²) in [5.74, 6) is 0.892. The number of amides is 1. The number of carbonyl (C=O) groups excluding carboxylic acids is 1. The summed E-state index contributed by atoms with van der Waals surface area (Å²) in [5.41, 5.74) is 0.538. The minimum absolute atomic E-state index is 0.0562. The van der Waals surface area contributed by atoms with Gasteiger partial charge in [0.2, 0.25) is 10.0 Å². The van der Waals surface area contributed by atoms with E-state index in [-0.39, 0.29) is 12.5 Å². The normalized spacial score (nSPS) is 11.3. The third-order valence-electron chi connectivity index (χ3n) is 3.11. The summed E-state index contributed by atoms with van der Waals surface area (Å²) in [6.07, 6.45) is 2.07. The standard InChI is InChI=1S/C15H24N2O4S/c1-12(2)9-10-16-15(18)11-21-14-7-5-13(6-8-14)17(3)22(4,19)20/h5-8,12H,9-11H2,1-4H3,(H,16,18). The summed E-state index contributed by atoms with van der Waals surface area (Å²) >= 11 is 0. The van der Waals surface area contributed by atoms with Gasteiger partial charge >= 0.3 is 0 Å². The van der Waals surface area contributed by atoms with Crippen LogP contribution in [0.3, 0.4) is 0 Å². The number of carbonyl (C=O) groups is 1. The number of anilines is 1. The third kappa shape index (κ3) is 6.34. The van der Waals surface area contributed by atoms with E-state index in [1.165, 1.54) is 11.4 Å². The molecule has 0 radical (unpaired) electrons. The molecule has 1 amide bonds. The molecule has 0 saturated heterocycles. The number of benzene rings is 1. The van der Waals surface area contributed by atoms with Crippen LogP contribution in [-0.4, -0.2) is 40.8 Å². The van der Waals surface area contributed by atoms with Crippen LogP contribution >= 0.6 is 0 Å². The molecule has 0 aliphatic carbocycles. The van der Waals surface area contributed by atoms with Gasteiger partial charge in [0.05, 0.1) is 11.9 Å². The van der Waals surface area contributed by atoms with E-state index >= 15 is 0 Å². The van der Waals surface area contributed by atoms with Crippen LogP contribution in [0.2, 0.25) is 0 Å². The second-order valence-corrected chi connectivity index (χ2v) is 7.56. The van der Waals surface area contributed by atoms with Gasteiger partial charge in [0.25, 0.3) is 5.91 Å². The molecule has 1 N–H and O–H groups in total. The molecular weight excluding hydrogens is 304 g/mol. The maximum atomic E-state index is 11.6. The summed E-state index contributed by atoms with van der Waals surface area (Å²) in [6, 6.07) is 6.54. The Hall–Kier alpha value is -1.76. The lowest BCUT2D eigenvalue weighted by molar-refractivity contribution is -0.123. The molecule has 7 heteroatoms. The molecule has 1 aromatic rings. The Morgan fingerprint density at radius 3 is 2.36 bits per heavy atom. The van der Waals surface area contributed by atoms with Crippen LogP contribution in [0.1, 0.15) is 20.3 Å². The molecule has 0 unspecified atom stereocenters. The quantitative estimate of drug-likeness (QED) is 0.787. The molecule has 0 aliphatic rings. The van der Waals surface area contributed by atoms with Gasteiger partial charge in [-0.05, 0) is 36.6 Å². The van der Waals surface area contributed by atoms with E-state index in [1.807, 2.05) is 0 Å². The van der Waals surface area contributed by atoms with E-state index in [4.69, 9.17) is 4.74 Å². The number of rotatable bonds is 8. The maximum absolute atomic E-state index is 11.6. The molecule has 0 atom stereocenters. The average Bonchev–Trinajstić information content (AvgIpc) is 2.43. The van der Waals surface area contributed by atoms with Crippen LogP contribution in [0, 0.1) is 5.92 Å². The molecular formula is C15H24N2O4S. The third-order valence-corrected chi connectivity index (χ3v) is 4.32. The Morgan fingerprint density at radius 1 is 1.27 bits per heavy atom. The monoisotopic (exact) mass is 328 g/mol.